The maximum atomic E-state index is 6.28. The highest BCUT2D eigenvalue weighted by Gasteiger charge is 2.19. The molecule has 1 aliphatic heterocycles. The van der Waals surface area contributed by atoms with Crippen molar-refractivity contribution in [2.24, 2.45) is 0 Å². The highest BCUT2D eigenvalue weighted by Crippen LogP contribution is 2.39. The normalized spacial score (nSPS) is 16.4. The lowest BCUT2D eigenvalue weighted by Gasteiger charge is -2.28. The van der Waals surface area contributed by atoms with Crippen LogP contribution in [0.25, 0.3) is 0 Å². The Bertz CT molecular complexity index is 446. The van der Waals surface area contributed by atoms with Gasteiger partial charge in [-0.2, -0.15) is 0 Å². The fraction of sp³-hybridized carbons (Fsp3) is 0.571. The Morgan fingerprint density at radius 3 is 2.42 bits per heavy atom. The summed E-state index contributed by atoms with van der Waals surface area (Å²) in [5.41, 5.74) is 2.00. The van der Waals surface area contributed by atoms with Crippen LogP contribution in [0.15, 0.2) is 6.07 Å². The molecule has 2 rings (SSSR count). The molecule has 1 fully saturated rings. The Morgan fingerprint density at radius 1 is 1.21 bits per heavy atom. The molecule has 5 heteroatoms. The summed E-state index contributed by atoms with van der Waals surface area (Å²) in [6, 6.07) is 1.99. The first-order chi connectivity index (χ1) is 9.17. The molecule has 0 unspecified atom stereocenters. The van der Waals surface area contributed by atoms with Gasteiger partial charge in [0.15, 0.2) is 11.5 Å². The van der Waals surface area contributed by atoms with E-state index in [2.05, 4.69) is 10.2 Å². The lowest BCUT2D eigenvalue weighted by Crippen LogP contribution is -2.42. The number of hydrogen-bond acceptors (Lipinski definition) is 4. The fourth-order valence-electron chi connectivity index (χ4n) is 2.45. The second kappa shape index (κ2) is 6.46. The molecule has 0 bridgehead atoms. The van der Waals surface area contributed by atoms with Gasteiger partial charge in [-0.25, -0.2) is 0 Å². The third-order valence-corrected chi connectivity index (χ3v) is 3.90. The van der Waals surface area contributed by atoms with Crippen LogP contribution in [0.3, 0.4) is 0 Å². The maximum Gasteiger partial charge on any atom is 0.165 e. The third kappa shape index (κ3) is 3.14. The average Bonchev–Trinajstić information content (AvgIpc) is 2.43. The summed E-state index contributed by atoms with van der Waals surface area (Å²) in [6.07, 6.45) is 0. The van der Waals surface area contributed by atoms with Crippen LogP contribution in [0.5, 0.6) is 11.5 Å². The van der Waals surface area contributed by atoms with E-state index in [-0.39, 0.29) is 0 Å². The number of benzene rings is 1. The van der Waals surface area contributed by atoms with Crippen molar-refractivity contribution in [2.45, 2.75) is 13.5 Å². The van der Waals surface area contributed by atoms with Crippen molar-refractivity contribution in [2.75, 3.05) is 40.4 Å². The first-order valence-corrected chi connectivity index (χ1v) is 6.88. The molecule has 1 aromatic rings. The Hall–Kier alpha value is -0.970. The molecule has 0 spiro atoms. The fourth-order valence-corrected chi connectivity index (χ4v) is 2.67. The molecule has 1 aromatic carbocycles. The molecule has 4 nitrogen and oxygen atoms in total. The lowest BCUT2D eigenvalue weighted by molar-refractivity contribution is 0.229. The number of nitrogens with zero attached hydrogens (tertiary/aromatic N) is 1. The summed E-state index contributed by atoms with van der Waals surface area (Å²) in [6.45, 7) is 6.91. The molecular formula is C14H21ClN2O2. The number of rotatable bonds is 4. The number of nitrogens with one attached hydrogen (secondary N) is 1. The zero-order valence-corrected chi connectivity index (χ0v) is 12.5. The van der Waals surface area contributed by atoms with Crippen LogP contribution in [-0.2, 0) is 6.54 Å². The van der Waals surface area contributed by atoms with Crippen LogP contribution in [0.4, 0.5) is 0 Å². The molecule has 1 aliphatic rings. The highest BCUT2D eigenvalue weighted by molar-refractivity contribution is 6.31. The van der Waals surface area contributed by atoms with Gasteiger partial charge in [-0.15, -0.1) is 0 Å². The van der Waals surface area contributed by atoms with E-state index in [1.165, 1.54) is 0 Å². The standard InChI is InChI=1S/C14H21ClN2O2/c1-10-12(15)8-11(14(19-3)13(10)18-2)9-17-6-4-16-5-7-17/h8,16H,4-7,9H2,1-3H3. The monoisotopic (exact) mass is 284 g/mol. The Kier molecular flexibility index (Phi) is 4.91. The Morgan fingerprint density at radius 2 is 1.84 bits per heavy atom. The number of ether oxygens (including phenoxy) is 2. The molecule has 0 saturated carbocycles. The Labute approximate surface area is 119 Å². The van der Waals surface area contributed by atoms with E-state index in [1.54, 1.807) is 14.2 Å². The van der Waals surface area contributed by atoms with Gasteiger partial charge in [0, 0.05) is 48.9 Å². The molecule has 1 heterocycles. The van der Waals surface area contributed by atoms with Crippen molar-refractivity contribution < 1.29 is 9.47 Å². The molecule has 0 aliphatic carbocycles. The van der Waals surface area contributed by atoms with Crippen LogP contribution >= 0.6 is 11.6 Å². The van der Waals surface area contributed by atoms with Crippen molar-refractivity contribution in [3.05, 3.63) is 22.2 Å². The quantitative estimate of drug-likeness (QED) is 0.918. The van der Waals surface area contributed by atoms with Crippen molar-refractivity contribution in [1.82, 2.24) is 10.2 Å². The van der Waals surface area contributed by atoms with E-state index in [0.29, 0.717) is 0 Å². The van der Waals surface area contributed by atoms with E-state index in [4.69, 9.17) is 21.1 Å². The number of hydrogen-bond donors (Lipinski definition) is 1. The van der Waals surface area contributed by atoms with Crippen molar-refractivity contribution in [3.8, 4) is 11.5 Å². The van der Waals surface area contributed by atoms with Gasteiger partial charge in [0.2, 0.25) is 0 Å². The van der Waals surface area contributed by atoms with Gasteiger partial charge in [0.05, 0.1) is 14.2 Å². The summed E-state index contributed by atoms with van der Waals surface area (Å²) in [4.78, 5) is 2.39. The van der Waals surface area contributed by atoms with E-state index in [9.17, 15) is 0 Å². The van der Waals surface area contributed by atoms with Gasteiger partial charge in [-0.3, -0.25) is 4.90 Å². The van der Waals surface area contributed by atoms with Crippen LogP contribution in [0, 0.1) is 6.92 Å². The molecule has 106 valence electrons. The molecule has 0 aromatic heterocycles. The van der Waals surface area contributed by atoms with E-state index in [1.807, 2.05) is 13.0 Å². The molecule has 0 atom stereocenters. The zero-order chi connectivity index (χ0) is 13.8. The summed E-state index contributed by atoms with van der Waals surface area (Å²) < 4.78 is 11.0. The topological polar surface area (TPSA) is 33.7 Å². The van der Waals surface area contributed by atoms with Crippen LogP contribution in [-0.4, -0.2) is 45.3 Å². The molecule has 19 heavy (non-hydrogen) atoms. The van der Waals surface area contributed by atoms with Crippen LogP contribution in [0.2, 0.25) is 5.02 Å². The summed E-state index contributed by atoms with van der Waals surface area (Å²) >= 11 is 6.28. The summed E-state index contributed by atoms with van der Waals surface area (Å²) in [5.74, 6) is 1.53. The predicted octanol–water partition coefficient (Wildman–Crippen LogP) is 2.07. The second-order valence-corrected chi connectivity index (χ2v) is 5.14. The van der Waals surface area contributed by atoms with E-state index in [0.717, 1.165) is 60.4 Å². The third-order valence-electron chi connectivity index (χ3n) is 3.51. The van der Waals surface area contributed by atoms with Gasteiger partial charge < -0.3 is 14.8 Å². The maximum absolute atomic E-state index is 6.28. The molecule has 1 N–H and O–H groups in total. The van der Waals surface area contributed by atoms with E-state index >= 15 is 0 Å². The zero-order valence-electron chi connectivity index (χ0n) is 11.8. The summed E-state index contributed by atoms with van der Waals surface area (Å²) in [7, 11) is 3.32. The minimum Gasteiger partial charge on any atom is -0.493 e. The van der Waals surface area contributed by atoms with Crippen LogP contribution < -0.4 is 14.8 Å². The van der Waals surface area contributed by atoms with Crippen LogP contribution in [0.1, 0.15) is 11.1 Å². The van der Waals surface area contributed by atoms with Crippen molar-refractivity contribution in [1.29, 1.82) is 0 Å². The van der Waals surface area contributed by atoms with Gasteiger partial charge in [-0.05, 0) is 13.0 Å². The van der Waals surface area contributed by atoms with E-state index < -0.39 is 0 Å². The minimum atomic E-state index is 0.725. The van der Waals surface area contributed by atoms with Gasteiger partial charge in [-0.1, -0.05) is 11.6 Å². The van der Waals surface area contributed by atoms with Crippen molar-refractivity contribution >= 4 is 11.6 Å². The van der Waals surface area contributed by atoms with Gasteiger partial charge in [0.1, 0.15) is 0 Å². The number of methoxy groups -OCH3 is 2. The Balaban J connectivity index is 2.30. The minimum absolute atomic E-state index is 0.725. The molecular weight excluding hydrogens is 264 g/mol. The number of halogens is 1. The van der Waals surface area contributed by atoms with Gasteiger partial charge in [0.25, 0.3) is 0 Å². The van der Waals surface area contributed by atoms with Gasteiger partial charge >= 0.3 is 0 Å². The van der Waals surface area contributed by atoms with Crippen molar-refractivity contribution in [3.63, 3.8) is 0 Å². The first kappa shape index (κ1) is 14.4. The molecule has 1 saturated heterocycles. The molecule has 0 radical (unpaired) electrons. The second-order valence-electron chi connectivity index (χ2n) is 4.74. The lowest BCUT2D eigenvalue weighted by atomic mass is 10.1. The first-order valence-electron chi connectivity index (χ1n) is 6.50. The highest BCUT2D eigenvalue weighted by atomic mass is 35.5. The number of piperazine rings is 1. The molecule has 0 amide bonds. The average molecular weight is 285 g/mol. The SMILES string of the molecule is COc1c(CN2CCNCC2)cc(Cl)c(C)c1OC. The largest absolute Gasteiger partial charge is 0.493 e. The smallest absolute Gasteiger partial charge is 0.165 e. The predicted molar refractivity (Wildman–Crippen MR) is 77.4 cm³/mol. The summed E-state index contributed by atoms with van der Waals surface area (Å²) in [5, 5.41) is 4.07.